The predicted octanol–water partition coefficient (Wildman–Crippen LogP) is 3.64. The summed E-state index contributed by atoms with van der Waals surface area (Å²) < 4.78 is 10.8. The van der Waals surface area contributed by atoms with E-state index in [0.29, 0.717) is 45.0 Å². The van der Waals surface area contributed by atoms with Crippen LogP contribution in [0.25, 0.3) is 6.08 Å². The van der Waals surface area contributed by atoms with Crippen molar-refractivity contribution in [1.82, 2.24) is 5.32 Å². The van der Waals surface area contributed by atoms with Gasteiger partial charge < -0.3 is 19.9 Å². The minimum Gasteiger partial charge on any atom is -0.490 e. The first-order chi connectivity index (χ1) is 14.9. The number of ketones is 1. The van der Waals surface area contributed by atoms with E-state index in [0.717, 1.165) is 0 Å². The molecule has 0 atom stereocenters. The van der Waals surface area contributed by atoms with Gasteiger partial charge in [-0.05, 0) is 61.5 Å². The molecule has 0 aliphatic carbocycles. The van der Waals surface area contributed by atoms with Gasteiger partial charge >= 0.3 is 5.97 Å². The average molecular weight is 440 g/mol. The smallest absolute Gasteiger partial charge is 0.341 e. The highest BCUT2D eigenvalue weighted by Gasteiger charge is 2.24. The predicted molar refractivity (Wildman–Crippen MR) is 118 cm³/mol. The van der Waals surface area contributed by atoms with Crippen LogP contribution in [0.2, 0.25) is 0 Å². The zero-order valence-electron chi connectivity index (χ0n) is 16.9. The molecule has 1 fully saturated rings. The number of aliphatic carboxylic acids is 1. The van der Waals surface area contributed by atoms with Crippen molar-refractivity contribution < 1.29 is 29.0 Å². The molecule has 2 aromatic carbocycles. The molecular formula is C22H20N2O6S. The third-order valence-electron chi connectivity index (χ3n) is 4.05. The summed E-state index contributed by atoms with van der Waals surface area (Å²) in [6.07, 6.45) is 1.68. The summed E-state index contributed by atoms with van der Waals surface area (Å²) in [5.41, 5.74) is 1.79. The molecule has 1 aliphatic rings. The van der Waals surface area contributed by atoms with Gasteiger partial charge in [0.2, 0.25) is 0 Å². The van der Waals surface area contributed by atoms with Crippen LogP contribution in [-0.2, 0) is 9.59 Å². The molecule has 3 rings (SSSR count). The van der Waals surface area contributed by atoms with E-state index in [1.165, 1.54) is 18.7 Å². The first-order valence-corrected chi connectivity index (χ1v) is 10.2. The maximum atomic E-state index is 12.4. The Hall–Kier alpha value is -3.59. The third kappa shape index (κ3) is 5.95. The molecule has 31 heavy (non-hydrogen) atoms. The fourth-order valence-electron chi connectivity index (χ4n) is 2.69. The monoisotopic (exact) mass is 440 g/mol. The number of carbonyl (C=O) groups is 3. The van der Waals surface area contributed by atoms with Crippen LogP contribution in [-0.4, -0.2) is 41.1 Å². The van der Waals surface area contributed by atoms with Crippen LogP contribution in [0.4, 0.5) is 5.69 Å². The zero-order chi connectivity index (χ0) is 22.4. The van der Waals surface area contributed by atoms with Gasteiger partial charge in [0.15, 0.2) is 29.1 Å². The summed E-state index contributed by atoms with van der Waals surface area (Å²) in [5.74, 6) is -0.755. The molecule has 1 saturated heterocycles. The lowest BCUT2D eigenvalue weighted by Crippen LogP contribution is -2.19. The second kappa shape index (κ2) is 9.94. The Morgan fingerprint density at radius 3 is 2.68 bits per heavy atom. The van der Waals surface area contributed by atoms with E-state index < -0.39 is 12.6 Å². The summed E-state index contributed by atoms with van der Waals surface area (Å²) in [4.78, 5) is 39.5. The van der Waals surface area contributed by atoms with Crippen LogP contribution in [0.3, 0.4) is 0 Å². The highest BCUT2D eigenvalue weighted by Crippen LogP contribution is 2.32. The number of rotatable bonds is 8. The van der Waals surface area contributed by atoms with Crippen LogP contribution in [0, 0.1) is 0 Å². The number of aliphatic imine (C=N–C) groups is 1. The Morgan fingerprint density at radius 1 is 1.16 bits per heavy atom. The fraction of sp³-hybridized carbons (Fsp3) is 0.182. The second-order valence-electron chi connectivity index (χ2n) is 6.41. The molecule has 1 amide bonds. The molecule has 1 aliphatic heterocycles. The van der Waals surface area contributed by atoms with E-state index in [-0.39, 0.29) is 11.7 Å². The number of thioether (sulfide) groups is 1. The minimum atomic E-state index is -1.09. The van der Waals surface area contributed by atoms with E-state index in [9.17, 15) is 14.4 Å². The van der Waals surface area contributed by atoms with Crippen LogP contribution >= 0.6 is 11.8 Å². The molecule has 8 nitrogen and oxygen atoms in total. The summed E-state index contributed by atoms with van der Waals surface area (Å²) in [5, 5.41) is 11.9. The van der Waals surface area contributed by atoms with Crippen molar-refractivity contribution in [3.05, 3.63) is 58.5 Å². The Labute approximate surface area is 183 Å². The Morgan fingerprint density at radius 2 is 1.97 bits per heavy atom. The number of carbonyl (C=O) groups excluding carboxylic acids is 2. The maximum Gasteiger partial charge on any atom is 0.341 e. The highest BCUT2D eigenvalue weighted by atomic mass is 32.2. The van der Waals surface area contributed by atoms with Crippen molar-refractivity contribution in [2.75, 3.05) is 13.2 Å². The van der Waals surface area contributed by atoms with E-state index in [1.54, 1.807) is 55.5 Å². The van der Waals surface area contributed by atoms with Gasteiger partial charge in [0.1, 0.15) is 0 Å². The van der Waals surface area contributed by atoms with Gasteiger partial charge in [-0.3, -0.25) is 9.59 Å². The van der Waals surface area contributed by atoms with Gasteiger partial charge in [0.05, 0.1) is 17.2 Å². The standard InChI is InChI=1S/C22H20N2O6S/c1-3-29-18-9-14(7-8-17(18)30-12-20(26)27)10-19-21(28)24-22(31-19)23-16-6-4-5-15(11-16)13(2)25/h4-11H,3,12H2,1-2H3,(H,26,27)(H,23,24,28)/b19-10+. The van der Waals surface area contributed by atoms with E-state index in [1.807, 2.05) is 0 Å². The number of amidine groups is 1. The number of Topliss-reactive ketones (excluding diaryl/α,β-unsaturated/α-hetero) is 1. The number of benzene rings is 2. The van der Waals surface area contributed by atoms with Crippen LogP contribution in [0.15, 0.2) is 52.4 Å². The number of carboxylic acid groups (broad SMARTS) is 1. The largest absolute Gasteiger partial charge is 0.490 e. The lowest BCUT2D eigenvalue weighted by atomic mass is 10.1. The highest BCUT2D eigenvalue weighted by molar-refractivity contribution is 8.18. The molecular weight excluding hydrogens is 420 g/mol. The van der Waals surface area contributed by atoms with Gasteiger partial charge in [-0.2, -0.15) is 0 Å². The molecule has 0 bridgehead atoms. The lowest BCUT2D eigenvalue weighted by molar-refractivity contribution is -0.139. The number of ether oxygens (including phenoxy) is 2. The maximum absolute atomic E-state index is 12.4. The number of hydrogen-bond acceptors (Lipinski definition) is 7. The van der Waals surface area contributed by atoms with Gasteiger partial charge in [0.25, 0.3) is 5.91 Å². The van der Waals surface area contributed by atoms with Crippen molar-refractivity contribution in [3.63, 3.8) is 0 Å². The molecule has 2 N–H and O–H groups in total. The number of nitrogens with one attached hydrogen (secondary N) is 1. The Kier molecular flexibility index (Phi) is 7.09. The summed E-state index contributed by atoms with van der Waals surface area (Å²) in [7, 11) is 0. The fourth-order valence-corrected chi connectivity index (χ4v) is 3.53. The van der Waals surface area contributed by atoms with Gasteiger partial charge in [-0.1, -0.05) is 18.2 Å². The minimum absolute atomic E-state index is 0.0633. The molecule has 0 spiro atoms. The van der Waals surface area contributed by atoms with Crippen LogP contribution < -0.4 is 14.8 Å². The summed E-state index contributed by atoms with van der Waals surface area (Å²) in [6, 6.07) is 11.8. The lowest BCUT2D eigenvalue weighted by Gasteiger charge is -2.11. The average Bonchev–Trinajstić information content (AvgIpc) is 3.06. The second-order valence-corrected chi connectivity index (χ2v) is 7.44. The van der Waals surface area contributed by atoms with Crippen LogP contribution in [0.1, 0.15) is 29.8 Å². The van der Waals surface area contributed by atoms with Crippen molar-refractivity contribution in [1.29, 1.82) is 0 Å². The third-order valence-corrected chi connectivity index (χ3v) is 4.96. The summed E-state index contributed by atoms with van der Waals surface area (Å²) in [6.45, 7) is 3.17. The Bertz CT molecular complexity index is 1090. The van der Waals surface area contributed by atoms with Crippen molar-refractivity contribution >= 4 is 46.4 Å². The molecule has 0 radical (unpaired) electrons. The number of hydrogen-bond donors (Lipinski definition) is 2. The topological polar surface area (TPSA) is 114 Å². The zero-order valence-corrected chi connectivity index (χ0v) is 17.7. The SMILES string of the molecule is CCOc1cc(/C=C2/SC(=Nc3cccc(C(C)=O)c3)NC2=O)ccc1OCC(=O)O. The molecule has 2 aromatic rings. The van der Waals surface area contributed by atoms with Crippen molar-refractivity contribution in [3.8, 4) is 11.5 Å². The van der Waals surface area contributed by atoms with Crippen LogP contribution in [0.5, 0.6) is 11.5 Å². The van der Waals surface area contributed by atoms with Crippen molar-refractivity contribution in [2.45, 2.75) is 13.8 Å². The molecule has 160 valence electrons. The van der Waals surface area contributed by atoms with Crippen molar-refractivity contribution in [2.24, 2.45) is 4.99 Å². The quantitative estimate of drug-likeness (QED) is 0.476. The molecule has 0 aromatic heterocycles. The molecule has 1 heterocycles. The summed E-state index contributed by atoms with van der Waals surface area (Å²) >= 11 is 1.18. The Balaban J connectivity index is 1.81. The van der Waals surface area contributed by atoms with E-state index in [4.69, 9.17) is 14.6 Å². The van der Waals surface area contributed by atoms with E-state index in [2.05, 4.69) is 10.3 Å². The first-order valence-electron chi connectivity index (χ1n) is 9.37. The number of amides is 1. The molecule has 9 heteroatoms. The first kappa shape index (κ1) is 22.1. The van der Waals surface area contributed by atoms with Gasteiger partial charge in [-0.15, -0.1) is 0 Å². The molecule has 0 unspecified atom stereocenters. The van der Waals surface area contributed by atoms with Gasteiger partial charge in [0, 0.05) is 5.56 Å². The number of carboxylic acids is 1. The normalized spacial score (nSPS) is 15.7. The van der Waals surface area contributed by atoms with E-state index >= 15 is 0 Å². The van der Waals surface area contributed by atoms with Gasteiger partial charge in [-0.25, -0.2) is 9.79 Å². The molecule has 0 saturated carbocycles. The number of nitrogens with zero attached hydrogens (tertiary/aromatic N) is 1.